The molecule has 1 aliphatic heterocycles. The van der Waals surface area contributed by atoms with Crippen LogP contribution in [0, 0.1) is 0 Å². The largest absolute Gasteiger partial charge is 0.468 e. The molecule has 0 aromatic heterocycles. The number of benzene rings is 3. The summed E-state index contributed by atoms with van der Waals surface area (Å²) in [5.41, 5.74) is 5.07. The van der Waals surface area contributed by atoms with Gasteiger partial charge in [-0.3, -0.25) is 4.79 Å². The Kier molecular flexibility index (Phi) is 6.09. The van der Waals surface area contributed by atoms with Crippen LogP contribution in [0.15, 0.2) is 82.3 Å². The molecule has 0 saturated heterocycles. The van der Waals surface area contributed by atoms with Crippen molar-refractivity contribution in [2.45, 2.75) is 6.04 Å². The van der Waals surface area contributed by atoms with Gasteiger partial charge in [0, 0.05) is 35.4 Å². The van der Waals surface area contributed by atoms with Crippen LogP contribution in [-0.2, 0) is 9.53 Å². The van der Waals surface area contributed by atoms with Crippen molar-refractivity contribution in [1.82, 2.24) is 4.90 Å². The normalized spacial score (nSPS) is 15.2. The molecule has 6 heteroatoms. The number of methoxy groups -OCH3 is 1. The van der Waals surface area contributed by atoms with Crippen molar-refractivity contribution in [3.05, 3.63) is 94.0 Å². The van der Waals surface area contributed by atoms with Crippen molar-refractivity contribution in [3.63, 3.8) is 0 Å². The smallest absolute Gasteiger partial charge is 0.325 e. The fourth-order valence-electron chi connectivity index (χ4n) is 3.82. The van der Waals surface area contributed by atoms with Gasteiger partial charge in [0.15, 0.2) is 0 Å². The van der Waals surface area contributed by atoms with E-state index in [4.69, 9.17) is 9.73 Å². The minimum absolute atomic E-state index is 0.0935. The molecule has 0 fully saturated rings. The van der Waals surface area contributed by atoms with E-state index in [1.807, 2.05) is 61.5 Å². The molecule has 0 spiro atoms. The monoisotopic (exact) mass is 477 g/mol. The van der Waals surface area contributed by atoms with Crippen LogP contribution in [0.2, 0.25) is 0 Å². The topological polar surface area (TPSA) is 45.1 Å². The van der Waals surface area contributed by atoms with E-state index in [1.165, 1.54) is 7.11 Å². The molecule has 0 bridgehead atoms. The minimum atomic E-state index is -0.308. The van der Waals surface area contributed by atoms with Gasteiger partial charge in [0.25, 0.3) is 0 Å². The van der Waals surface area contributed by atoms with Gasteiger partial charge in [0.2, 0.25) is 0 Å². The summed E-state index contributed by atoms with van der Waals surface area (Å²) in [6.07, 6.45) is 0. The molecule has 1 unspecified atom stereocenters. The van der Waals surface area contributed by atoms with Crippen LogP contribution in [0.25, 0.3) is 0 Å². The fourth-order valence-corrected chi connectivity index (χ4v) is 4.20. The second-order valence-corrected chi connectivity index (χ2v) is 8.51. The molecule has 1 atom stereocenters. The van der Waals surface area contributed by atoms with Crippen molar-refractivity contribution in [2.75, 3.05) is 32.6 Å². The van der Waals surface area contributed by atoms with Gasteiger partial charge in [0.1, 0.15) is 12.4 Å². The molecule has 1 heterocycles. The maximum atomic E-state index is 12.4. The van der Waals surface area contributed by atoms with Crippen molar-refractivity contribution in [1.29, 1.82) is 0 Å². The number of rotatable bonds is 5. The van der Waals surface area contributed by atoms with E-state index < -0.39 is 0 Å². The van der Waals surface area contributed by atoms with Crippen molar-refractivity contribution in [3.8, 4) is 0 Å². The van der Waals surface area contributed by atoms with Crippen LogP contribution >= 0.6 is 15.9 Å². The Hall–Kier alpha value is -3.12. The molecule has 0 radical (unpaired) electrons. The molecule has 0 amide bonds. The highest BCUT2D eigenvalue weighted by molar-refractivity contribution is 9.10. The number of fused-ring (bicyclic) bond motifs is 1. The van der Waals surface area contributed by atoms with Gasteiger partial charge < -0.3 is 14.5 Å². The molecule has 0 saturated carbocycles. The Labute approximate surface area is 191 Å². The molecule has 0 aliphatic carbocycles. The predicted octanol–water partition coefficient (Wildman–Crippen LogP) is 5.17. The third-order valence-electron chi connectivity index (χ3n) is 5.38. The van der Waals surface area contributed by atoms with E-state index in [-0.39, 0.29) is 18.6 Å². The van der Waals surface area contributed by atoms with Crippen LogP contribution in [0.1, 0.15) is 22.7 Å². The molecule has 158 valence electrons. The van der Waals surface area contributed by atoms with Crippen LogP contribution in [0.4, 0.5) is 11.4 Å². The summed E-state index contributed by atoms with van der Waals surface area (Å²) in [5.74, 6) is 0.441. The van der Waals surface area contributed by atoms with E-state index in [9.17, 15) is 4.79 Å². The number of anilines is 1. The maximum Gasteiger partial charge on any atom is 0.325 e. The number of hydrogen-bond donors (Lipinski definition) is 0. The van der Waals surface area contributed by atoms with E-state index in [2.05, 4.69) is 51.2 Å². The van der Waals surface area contributed by atoms with Crippen molar-refractivity contribution in [2.24, 2.45) is 4.99 Å². The van der Waals surface area contributed by atoms with E-state index in [0.717, 1.165) is 38.4 Å². The molecule has 3 aromatic carbocycles. The first-order chi connectivity index (χ1) is 15.0. The van der Waals surface area contributed by atoms with Crippen LogP contribution in [-0.4, -0.2) is 44.5 Å². The summed E-state index contributed by atoms with van der Waals surface area (Å²) in [7, 11) is 5.43. The SMILES string of the molecule is COC(=O)CN1C(c2ccc(N(C)C)cc2)=Nc2ccc(Br)cc2C1c1ccccc1. The molecule has 5 nitrogen and oxygen atoms in total. The highest BCUT2D eigenvalue weighted by Crippen LogP contribution is 2.41. The van der Waals surface area contributed by atoms with Gasteiger partial charge in [-0.05, 0) is 48.0 Å². The third kappa shape index (κ3) is 4.35. The molecular formula is C25H24BrN3O2. The highest BCUT2D eigenvalue weighted by Gasteiger charge is 2.33. The Morgan fingerprint density at radius 3 is 2.42 bits per heavy atom. The zero-order valence-electron chi connectivity index (χ0n) is 17.7. The Bertz CT molecular complexity index is 1110. The Morgan fingerprint density at radius 1 is 1.06 bits per heavy atom. The van der Waals surface area contributed by atoms with Gasteiger partial charge in [-0.1, -0.05) is 46.3 Å². The quantitative estimate of drug-likeness (QED) is 0.475. The number of carbonyl (C=O) groups excluding carboxylic acids is 1. The molecule has 4 rings (SSSR count). The first-order valence-corrected chi connectivity index (χ1v) is 10.8. The number of esters is 1. The molecule has 1 aliphatic rings. The number of ether oxygens (including phenoxy) is 1. The Balaban J connectivity index is 1.90. The van der Waals surface area contributed by atoms with E-state index in [1.54, 1.807) is 0 Å². The standard InChI is InChI=1S/C25H24BrN3O2/c1-28(2)20-12-9-18(10-13-20)25-27-22-14-11-19(26)15-21(22)24(17-7-5-4-6-8-17)29(25)16-23(30)31-3/h4-15,24H,16H2,1-3H3. The summed E-state index contributed by atoms with van der Waals surface area (Å²) in [5, 5.41) is 0. The summed E-state index contributed by atoms with van der Waals surface area (Å²) in [6, 6.07) is 24.3. The lowest BCUT2D eigenvalue weighted by atomic mass is 9.93. The maximum absolute atomic E-state index is 12.4. The number of hydrogen-bond acceptors (Lipinski definition) is 5. The van der Waals surface area contributed by atoms with Gasteiger partial charge in [-0.25, -0.2) is 4.99 Å². The summed E-state index contributed by atoms with van der Waals surface area (Å²) in [6.45, 7) is 0.0935. The van der Waals surface area contributed by atoms with Gasteiger partial charge in [-0.2, -0.15) is 0 Å². The second kappa shape index (κ2) is 8.94. The van der Waals surface area contributed by atoms with Crippen LogP contribution in [0.3, 0.4) is 0 Å². The van der Waals surface area contributed by atoms with Crippen molar-refractivity contribution < 1.29 is 9.53 Å². The molecular weight excluding hydrogens is 454 g/mol. The number of halogens is 1. The number of aliphatic imine (C=N–C) groups is 1. The van der Waals surface area contributed by atoms with Crippen LogP contribution in [0.5, 0.6) is 0 Å². The lowest BCUT2D eigenvalue weighted by molar-refractivity contribution is -0.141. The zero-order chi connectivity index (χ0) is 22.0. The van der Waals surface area contributed by atoms with E-state index >= 15 is 0 Å². The van der Waals surface area contributed by atoms with Crippen molar-refractivity contribution >= 4 is 39.1 Å². The average Bonchev–Trinajstić information content (AvgIpc) is 2.79. The molecule has 3 aromatic rings. The number of amidine groups is 1. The third-order valence-corrected chi connectivity index (χ3v) is 5.87. The predicted molar refractivity (Wildman–Crippen MR) is 128 cm³/mol. The minimum Gasteiger partial charge on any atom is -0.468 e. The highest BCUT2D eigenvalue weighted by atomic mass is 79.9. The lowest BCUT2D eigenvalue weighted by Crippen LogP contribution is -2.42. The number of nitrogens with zero attached hydrogens (tertiary/aromatic N) is 3. The van der Waals surface area contributed by atoms with Crippen LogP contribution < -0.4 is 4.90 Å². The summed E-state index contributed by atoms with van der Waals surface area (Å²) in [4.78, 5) is 21.5. The summed E-state index contributed by atoms with van der Waals surface area (Å²) >= 11 is 3.59. The summed E-state index contributed by atoms with van der Waals surface area (Å²) < 4.78 is 6.00. The fraction of sp³-hybridized carbons (Fsp3) is 0.200. The zero-order valence-corrected chi connectivity index (χ0v) is 19.3. The van der Waals surface area contributed by atoms with Gasteiger partial charge in [0.05, 0.1) is 18.8 Å². The number of carbonyl (C=O) groups is 1. The molecule has 31 heavy (non-hydrogen) atoms. The molecule has 0 N–H and O–H groups in total. The van der Waals surface area contributed by atoms with Gasteiger partial charge in [-0.15, -0.1) is 0 Å². The average molecular weight is 478 g/mol. The first-order valence-electron chi connectivity index (χ1n) is 10.0. The Morgan fingerprint density at radius 2 is 1.77 bits per heavy atom. The lowest BCUT2D eigenvalue weighted by Gasteiger charge is -2.38. The van der Waals surface area contributed by atoms with Gasteiger partial charge >= 0.3 is 5.97 Å². The van der Waals surface area contributed by atoms with E-state index in [0.29, 0.717) is 0 Å². The second-order valence-electron chi connectivity index (χ2n) is 7.60. The first kappa shape index (κ1) is 21.1.